The number of sulfone groups is 1. The molecular weight excluding hydrogens is 242 g/mol. The predicted octanol–water partition coefficient (Wildman–Crippen LogP) is -0.513. The highest BCUT2D eigenvalue weighted by Gasteiger charge is 2.33. The summed E-state index contributed by atoms with van der Waals surface area (Å²) in [5, 5.41) is 13.9. The molecule has 2 aliphatic heterocycles. The minimum absolute atomic E-state index is 0.0600. The van der Waals surface area contributed by atoms with Gasteiger partial charge in [0, 0.05) is 12.3 Å². The Balaban J connectivity index is 1.86. The maximum atomic E-state index is 11.4. The van der Waals surface area contributed by atoms with Crippen LogP contribution in [0.2, 0.25) is 0 Å². The van der Waals surface area contributed by atoms with E-state index in [1.165, 1.54) is 0 Å². The van der Waals surface area contributed by atoms with Crippen LogP contribution in [-0.4, -0.2) is 45.9 Å². The third-order valence-electron chi connectivity index (χ3n) is 3.45. The molecule has 0 amide bonds. The van der Waals surface area contributed by atoms with E-state index in [-0.39, 0.29) is 23.5 Å². The Hall–Kier alpha value is -0.950. The normalized spacial score (nSPS) is 31.4. The summed E-state index contributed by atoms with van der Waals surface area (Å²) in [5.74, 6) is 1.85. The zero-order valence-electron chi connectivity index (χ0n) is 9.41. The molecule has 1 N–H and O–H groups in total. The van der Waals surface area contributed by atoms with E-state index in [1.54, 1.807) is 4.68 Å². The Morgan fingerprint density at radius 2 is 2.18 bits per heavy atom. The van der Waals surface area contributed by atoms with Crippen LogP contribution in [0.1, 0.15) is 30.4 Å². The Kier molecular flexibility index (Phi) is 2.48. The minimum atomic E-state index is -2.89. The molecule has 3 heterocycles. The molecule has 0 radical (unpaired) electrons. The number of fused-ring (bicyclic) bond motifs is 1. The average Bonchev–Trinajstić information content (AvgIpc) is 2.80. The summed E-state index contributed by atoms with van der Waals surface area (Å²) in [7, 11) is -2.89. The molecule has 0 bridgehead atoms. The largest absolute Gasteiger partial charge is 0.391 e. The maximum absolute atomic E-state index is 11.4. The van der Waals surface area contributed by atoms with E-state index in [0.29, 0.717) is 31.6 Å². The number of nitrogens with zero attached hydrogens (tertiary/aromatic N) is 3. The van der Waals surface area contributed by atoms with Crippen LogP contribution in [0.15, 0.2) is 0 Å². The number of aryl methyl sites for hydroxylation is 1. The van der Waals surface area contributed by atoms with E-state index in [0.717, 1.165) is 5.82 Å². The van der Waals surface area contributed by atoms with E-state index in [1.807, 2.05) is 0 Å². The van der Waals surface area contributed by atoms with Gasteiger partial charge in [0.1, 0.15) is 5.82 Å². The van der Waals surface area contributed by atoms with Crippen molar-refractivity contribution in [2.75, 3.05) is 11.5 Å². The molecule has 7 heteroatoms. The van der Waals surface area contributed by atoms with Crippen LogP contribution >= 0.6 is 0 Å². The third-order valence-corrected chi connectivity index (χ3v) is 5.22. The first-order chi connectivity index (χ1) is 8.03. The highest BCUT2D eigenvalue weighted by Crippen LogP contribution is 2.27. The van der Waals surface area contributed by atoms with E-state index in [4.69, 9.17) is 0 Å². The standard InChI is InChI=1S/C10H15N3O3S/c14-8-1-2-9-11-10(12-13(9)5-8)7-3-4-17(15,16)6-7/h7-8,14H,1-6H2. The molecular formula is C10H15N3O3S. The van der Waals surface area contributed by atoms with Gasteiger partial charge in [0.05, 0.1) is 24.2 Å². The molecule has 17 heavy (non-hydrogen) atoms. The fraction of sp³-hybridized carbons (Fsp3) is 0.800. The molecule has 0 aromatic carbocycles. The lowest BCUT2D eigenvalue weighted by molar-refractivity contribution is 0.124. The van der Waals surface area contributed by atoms with Crippen molar-refractivity contribution in [2.45, 2.75) is 37.8 Å². The molecule has 3 rings (SSSR count). The lowest BCUT2D eigenvalue weighted by atomic mass is 10.1. The first-order valence-electron chi connectivity index (χ1n) is 5.85. The lowest BCUT2D eigenvalue weighted by Crippen LogP contribution is -2.25. The van der Waals surface area contributed by atoms with Crippen molar-refractivity contribution in [1.29, 1.82) is 0 Å². The minimum Gasteiger partial charge on any atom is -0.391 e. The molecule has 2 unspecified atom stereocenters. The number of aliphatic hydroxyl groups excluding tert-OH is 1. The first-order valence-corrected chi connectivity index (χ1v) is 7.68. The quantitative estimate of drug-likeness (QED) is 0.732. The second-order valence-electron chi connectivity index (χ2n) is 4.86. The van der Waals surface area contributed by atoms with Gasteiger partial charge in [-0.15, -0.1) is 0 Å². The summed E-state index contributed by atoms with van der Waals surface area (Å²) >= 11 is 0. The fourth-order valence-electron chi connectivity index (χ4n) is 2.48. The van der Waals surface area contributed by atoms with Crippen LogP contribution in [-0.2, 0) is 22.8 Å². The highest BCUT2D eigenvalue weighted by atomic mass is 32.2. The number of aromatic nitrogens is 3. The second kappa shape index (κ2) is 3.78. The van der Waals surface area contributed by atoms with Gasteiger partial charge in [0.15, 0.2) is 15.7 Å². The van der Waals surface area contributed by atoms with E-state index < -0.39 is 9.84 Å². The summed E-state index contributed by atoms with van der Waals surface area (Å²) in [6, 6.07) is 0. The van der Waals surface area contributed by atoms with Crippen molar-refractivity contribution < 1.29 is 13.5 Å². The van der Waals surface area contributed by atoms with Crippen molar-refractivity contribution in [3.05, 3.63) is 11.6 Å². The zero-order valence-corrected chi connectivity index (χ0v) is 10.2. The van der Waals surface area contributed by atoms with Gasteiger partial charge in [0.2, 0.25) is 0 Å². The lowest BCUT2D eigenvalue weighted by Gasteiger charge is -2.16. The molecule has 6 nitrogen and oxygen atoms in total. The SMILES string of the molecule is O=S1(=O)CCC(c2nc3n(n2)CC(O)CC3)C1. The van der Waals surface area contributed by atoms with Gasteiger partial charge in [-0.1, -0.05) is 0 Å². The molecule has 2 aliphatic rings. The van der Waals surface area contributed by atoms with Crippen molar-refractivity contribution in [3.63, 3.8) is 0 Å². The molecule has 94 valence electrons. The van der Waals surface area contributed by atoms with Crippen molar-refractivity contribution in [1.82, 2.24) is 14.8 Å². The van der Waals surface area contributed by atoms with Crippen molar-refractivity contribution >= 4 is 9.84 Å². The van der Waals surface area contributed by atoms with Gasteiger partial charge < -0.3 is 5.11 Å². The smallest absolute Gasteiger partial charge is 0.155 e. The van der Waals surface area contributed by atoms with Gasteiger partial charge >= 0.3 is 0 Å². The van der Waals surface area contributed by atoms with Gasteiger partial charge in [-0.3, -0.25) is 0 Å². The van der Waals surface area contributed by atoms with Crippen LogP contribution in [0.4, 0.5) is 0 Å². The first kappa shape index (κ1) is 11.2. The zero-order chi connectivity index (χ0) is 12.0. The van der Waals surface area contributed by atoms with Gasteiger partial charge in [-0.2, -0.15) is 5.10 Å². The molecule has 2 atom stereocenters. The Labute approximate surface area is 99.6 Å². The van der Waals surface area contributed by atoms with Crippen LogP contribution in [0.25, 0.3) is 0 Å². The summed E-state index contributed by atoms with van der Waals surface area (Å²) in [4.78, 5) is 4.41. The van der Waals surface area contributed by atoms with Crippen LogP contribution in [0.3, 0.4) is 0 Å². The van der Waals surface area contributed by atoms with E-state index in [9.17, 15) is 13.5 Å². The predicted molar refractivity (Wildman–Crippen MR) is 60.4 cm³/mol. The Bertz CT molecular complexity index is 537. The molecule has 0 saturated carbocycles. The molecule has 0 aliphatic carbocycles. The summed E-state index contributed by atoms with van der Waals surface area (Å²) in [6.45, 7) is 0.474. The van der Waals surface area contributed by atoms with Gasteiger partial charge in [-0.25, -0.2) is 18.1 Å². The topological polar surface area (TPSA) is 85.1 Å². The van der Waals surface area contributed by atoms with Gasteiger partial charge in [0.25, 0.3) is 0 Å². The van der Waals surface area contributed by atoms with Crippen LogP contribution < -0.4 is 0 Å². The Morgan fingerprint density at radius 3 is 2.88 bits per heavy atom. The van der Waals surface area contributed by atoms with E-state index >= 15 is 0 Å². The second-order valence-corrected chi connectivity index (χ2v) is 7.09. The summed E-state index contributed by atoms with van der Waals surface area (Å²) in [5.41, 5.74) is 0. The van der Waals surface area contributed by atoms with Crippen molar-refractivity contribution in [3.8, 4) is 0 Å². The molecule has 1 aromatic rings. The Morgan fingerprint density at radius 1 is 1.35 bits per heavy atom. The molecule has 0 spiro atoms. The van der Waals surface area contributed by atoms with Crippen molar-refractivity contribution in [2.24, 2.45) is 0 Å². The third kappa shape index (κ3) is 2.09. The van der Waals surface area contributed by atoms with E-state index in [2.05, 4.69) is 10.1 Å². The number of rotatable bonds is 1. The molecule has 1 fully saturated rings. The number of hydrogen-bond donors (Lipinski definition) is 1. The van der Waals surface area contributed by atoms with Crippen LogP contribution in [0.5, 0.6) is 0 Å². The maximum Gasteiger partial charge on any atom is 0.155 e. The monoisotopic (exact) mass is 257 g/mol. The molecule has 1 aromatic heterocycles. The van der Waals surface area contributed by atoms with Crippen LogP contribution in [0, 0.1) is 0 Å². The number of hydrogen-bond acceptors (Lipinski definition) is 5. The highest BCUT2D eigenvalue weighted by molar-refractivity contribution is 7.91. The molecule has 1 saturated heterocycles. The summed E-state index contributed by atoms with van der Waals surface area (Å²) < 4.78 is 24.5. The average molecular weight is 257 g/mol. The fourth-order valence-corrected chi connectivity index (χ4v) is 4.22. The number of aliphatic hydroxyl groups is 1. The summed E-state index contributed by atoms with van der Waals surface area (Å²) in [6.07, 6.45) is 1.69. The van der Waals surface area contributed by atoms with Gasteiger partial charge in [-0.05, 0) is 12.8 Å².